The van der Waals surface area contributed by atoms with Crippen LogP contribution in [0.25, 0.3) is 0 Å². The smallest absolute Gasteiger partial charge is 0.328 e. The molecule has 4 aromatic carbocycles. The summed E-state index contributed by atoms with van der Waals surface area (Å²) in [6, 6.07) is 29.4. The van der Waals surface area contributed by atoms with Gasteiger partial charge in [0.1, 0.15) is 25.1 Å². The van der Waals surface area contributed by atoms with E-state index in [0.29, 0.717) is 30.3 Å². The molecular weight excluding hydrogens is 485 g/mol. The number of carbonyl (C=O) groups is 2. The number of hydrogen-bond donors (Lipinski definition) is 1. The first kappa shape index (κ1) is 26.4. The minimum atomic E-state index is -1.04. The minimum absolute atomic E-state index is 0.105. The number of amides is 1. The van der Waals surface area contributed by atoms with Crippen LogP contribution in [0.4, 0.5) is 4.39 Å². The van der Waals surface area contributed by atoms with Crippen molar-refractivity contribution in [3.05, 3.63) is 131 Å². The van der Waals surface area contributed by atoms with Gasteiger partial charge in [0.25, 0.3) is 5.91 Å². The van der Waals surface area contributed by atoms with Crippen LogP contribution in [0.2, 0.25) is 0 Å². The van der Waals surface area contributed by atoms with Crippen molar-refractivity contribution in [1.29, 1.82) is 0 Å². The first-order chi connectivity index (χ1) is 18.5. The van der Waals surface area contributed by atoms with Crippen LogP contribution in [0.3, 0.4) is 0 Å². The average molecular weight is 514 g/mol. The lowest BCUT2D eigenvalue weighted by atomic mass is 10.0. The van der Waals surface area contributed by atoms with Gasteiger partial charge >= 0.3 is 5.97 Å². The fraction of sp³-hybridized carbons (Fsp3) is 0.161. The van der Waals surface area contributed by atoms with Gasteiger partial charge in [-0.05, 0) is 41.0 Å². The third-order valence-corrected chi connectivity index (χ3v) is 5.83. The van der Waals surface area contributed by atoms with E-state index in [1.165, 1.54) is 25.3 Å². The molecule has 0 aliphatic rings. The van der Waals surface area contributed by atoms with E-state index in [1.807, 2.05) is 60.7 Å². The molecule has 0 unspecified atom stereocenters. The summed E-state index contributed by atoms with van der Waals surface area (Å²) in [5.74, 6) is -0.997. The van der Waals surface area contributed by atoms with E-state index in [-0.39, 0.29) is 12.0 Å². The van der Waals surface area contributed by atoms with Crippen LogP contribution in [0.5, 0.6) is 11.5 Å². The zero-order chi connectivity index (χ0) is 26.7. The normalized spacial score (nSPS) is 11.3. The van der Waals surface area contributed by atoms with Gasteiger partial charge < -0.3 is 19.5 Å². The predicted octanol–water partition coefficient (Wildman–Crippen LogP) is 5.50. The van der Waals surface area contributed by atoms with Crippen molar-refractivity contribution >= 4 is 11.9 Å². The van der Waals surface area contributed by atoms with Crippen molar-refractivity contribution in [3.8, 4) is 11.5 Å². The molecule has 0 bridgehead atoms. The molecule has 0 saturated carbocycles. The molecule has 0 radical (unpaired) electrons. The lowest BCUT2D eigenvalue weighted by Gasteiger charge is -2.19. The number of hydrogen-bond acceptors (Lipinski definition) is 5. The number of halogens is 1. The molecule has 0 spiro atoms. The fourth-order valence-electron chi connectivity index (χ4n) is 3.83. The van der Waals surface area contributed by atoms with Crippen LogP contribution >= 0.6 is 0 Å². The van der Waals surface area contributed by atoms with E-state index in [1.54, 1.807) is 24.3 Å². The van der Waals surface area contributed by atoms with Gasteiger partial charge in [-0.25, -0.2) is 9.18 Å². The monoisotopic (exact) mass is 513 g/mol. The Morgan fingerprint density at radius 3 is 1.92 bits per heavy atom. The maximum absolute atomic E-state index is 14.1. The molecule has 0 aliphatic carbocycles. The summed E-state index contributed by atoms with van der Waals surface area (Å²) in [6.07, 6.45) is 0.105. The molecule has 0 fully saturated rings. The second-order valence-electron chi connectivity index (χ2n) is 8.56. The van der Waals surface area contributed by atoms with E-state index >= 15 is 0 Å². The summed E-state index contributed by atoms with van der Waals surface area (Å²) in [5.41, 5.74) is 2.53. The highest BCUT2D eigenvalue weighted by molar-refractivity contribution is 5.97. The molecule has 1 atom stereocenters. The molecule has 0 heterocycles. The Labute approximate surface area is 221 Å². The fourth-order valence-corrected chi connectivity index (χ4v) is 3.83. The predicted molar refractivity (Wildman–Crippen MR) is 141 cm³/mol. The van der Waals surface area contributed by atoms with E-state index in [0.717, 1.165) is 11.1 Å². The Hall–Kier alpha value is -4.65. The summed E-state index contributed by atoms with van der Waals surface area (Å²) in [6.45, 7) is 0.668. The molecule has 194 valence electrons. The number of esters is 1. The van der Waals surface area contributed by atoms with Crippen LogP contribution in [0, 0.1) is 5.82 Å². The van der Waals surface area contributed by atoms with E-state index in [4.69, 9.17) is 14.2 Å². The number of rotatable bonds is 11. The summed E-state index contributed by atoms with van der Waals surface area (Å²) in [5, 5.41) is 2.59. The number of benzene rings is 4. The summed E-state index contributed by atoms with van der Waals surface area (Å²) >= 11 is 0. The number of methoxy groups -OCH3 is 1. The van der Waals surface area contributed by atoms with Gasteiger partial charge in [0.2, 0.25) is 0 Å². The van der Waals surface area contributed by atoms with Gasteiger partial charge in [0.05, 0.1) is 12.7 Å². The molecule has 4 rings (SSSR count). The zero-order valence-corrected chi connectivity index (χ0v) is 20.9. The Balaban J connectivity index is 1.54. The third-order valence-electron chi connectivity index (χ3n) is 5.83. The number of carbonyl (C=O) groups excluding carboxylic acids is 2. The number of nitrogens with one attached hydrogen (secondary N) is 1. The maximum atomic E-state index is 14.1. The first-order valence-electron chi connectivity index (χ1n) is 12.1. The molecule has 1 N–H and O–H groups in total. The van der Waals surface area contributed by atoms with Crippen LogP contribution < -0.4 is 14.8 Å². The SMILES string of the molecule is COC(=O)[C@H](Cc1ccc(OCc2ccccc2)c(OCc2ccccc2)c1)NC(=O)c1ccccc1F. The number of ether oxygens (including phenoxy) is 3. The lowest BCUT2D eigenvalue weighted by molar-refractivity contribution is -0.142. The summed E-state index contributed by atoms with van der Waals surface area (Å²) < 4.78 is 31.2. The molecule has 0 aromatic heterocycles. The van der Waals surface area contributed by atoms with Gasteiger partial charge in [0, 0.05) is 6.42 Å². The van der Waals surface area contributed by atoms with E-state index in [9.17, 15) is 14.0 Å². The second kappa shape index (κ2) is 13.1. The first-order valence-corrected chi connectivity index (χ1v) is 12.1. The Morgan fingerprint density at radius 2 is 1.32 bits per heavy atom. The topological polar surface area (TPSA) is 73.9 Å². The van der Waals surface area contributed by atoms with Crippen LogP contribution in [0.1, 0.15) is 27.0 Å². The Bertz CT molecular complexity index is 1360. The molecule has 0 saturated heterocycles. The third kappa shape index (κ3) is 7.20. The van der Waals surface area contributed by atoms with Crippen LogP contribution in [-0.2, 0) is 29.2 Å². The van der Waals surface area contributed by atoms with Crippen LogP contribution in [-0.4, -0.2) is 25.0 Å². The van der Waals surface area contributed by atoms with Gasteiger partial charge in [-0.1, -0.05) is 78.9 Å². The lowest BCUT2D eigenvalue weighted by Crippen LogP contribution is -2.43. The molecular formula is C31H28FNO5. The molecule has 7 heteroatoms. The zero-order valence-electron chi connectivity index (χ0n) is 20.9. The van der Waals surface area contributed by atoms with E-state index < -0.39 is 23.7 Å². The molecule has 6 nitrogen and oxygen atoms in total. The molecule has 38 heavy (non-hydrogen) atoms. The highest BCUT2D eigenvalue weighted by atomic mass is 19.1. The van der Waals surface area contributed by atoms with Crippen molar-refractivity contribution in [2.45, 2.75) is 25.7 Å². The Kier molecular flexibility index (Phi) is 9.07. The molecule has 4 aromatic rings. The molecule has 1 amide bonds. The van der Waals surface area contributed by atoms with Gasteiger partial charge in [-0.2, -0.15) is 0 Å². The summed E-state index contributed by atoms with van der Waals surface area (Å²) in [7, 11) is 1.24. The quantitative estimate of drug-likeness (QED) is 0.268. The standard InChI is InChI=1S/C31H28FNO5/c1-36-31(35)27(33-30(34)25-14-8-9-15-26(25)32)18-24-16-17-28(37-20-22-10-4-2-5-11-22)29(19-24)38-21-23-12-6-3-7-13-23/h2-17,19,27H,18,20-21H2,1H3,(H,33,34)/t27-/m0/s1. The minimum Gasteiger partial charge on any atom is -0.485 e. The van der Waals surface area contributed by atoms with Crippen molar-refractivity contribution in [2.75, 3.05) is 7.11 Å². The van der Waals surface area contributed by atoms with Crippen molar-refractivity contribution in [1.82, 2.24) is 5.32 Å². The van der Waals surface area contributed by atoms with Crippen molar-refractivity contribution < 1.29 is 28.2 Å². The highest BCUT2D eigenvalue weighted by Crippen LogP contribution is 2.31. The van der Waals surface area contributed by atoms with Crippen molar-refractivity contribution in [3.63, 3.8) is 0 Å². The van der Waals surface area contributed by atoms with Crippen LogP contribution in [0.15, 0.2) is 103 Å². The van der Waals surface area contributed by atoms with Gasteiger partial charge in [-0.15, -0.1) is 0 Å². The second-order valence-corrected chi connectivity index (χ2v) is 8.56. The van der Waals surface area contributed by atoms with E-state index in [2.05, 4.69) is 5.32 Å². The average Bonchev–Trinajstić information content (AvgIpc) is 2.96. The molecule has 0 aliphatic heterocycles. The largest absolute Gasteiger partial charge is 0.485 e. The maximum Gasteiger partial charge on any atom is 0.328 e. The Morgan fingerprint density at radius 1 is 0.737 bits per heavy atom. The van der Waals surface area contributed by atoms with Gasteiger partial charge in [-0.3, -0.25) is 4.79 Å². The van der Waals surface area contributed by atoms with Gasteiger partial charge in [0.15, 0.2) is 11.5 Å². The van der Waals surface area contributed by atoms with Crippen molar-refractivity contribution in [2.24, 2.45) is 0 Å². The summed E-state index contributed by atoms with van der Waals surface area (Å²) in [4.78, 5) is 25.2. The highest BCUT2D eigenvalue weighted by Gasteiger charge is 2.24.